The van der Waals surface area contributed by atoms with Crippen molar-refractivity contribution < 1.29 is 28.5 Å². The zero-order chi connectivity index (χ0) is 20.3. The van der Waals surface area contributed by atoms with Crippen molar-refractivity contribution in [3.63, 3.8) is 0 Å². The smallest absolute Gasteiger partial charge is 0.343 e. The van der Waals surface area contributed by atoms with Gasteiger partial charge in [0, 0.05) is 21.5 Å². The standard InChI is InChI=1S/C22H22O6/c1-13-9-10-17-20(14(13)2)22(28-12-19(24)26-4)16-8-6-5-7-15(16)21(17)27-11-18(23)25-3/h5-10H,11-12H2,1-4H3. The zero-order valence-electron chi connectivity index (χ0n) is 16.3. The van der Waals surface area contributed by atoms with Gasteiger partial charge in [0.2, 0.25) is 0 Å². The molecule has 0 atom stereocenters. The fourth-order valence-electron chi connectivity index (χ4n) is 3.14. The first kappa shape index (κ1) is 19.5. The summed E-state index contributed by atoms with van der Waals surface area (Å²) in [7, 11) is 2.64. The molecule has 0 bridgehead atoms. The highest BCUT2D eigenvalue weighted by molar-refractivity contribution is 6.12. The Morgan fingerprint density at radius 2 is 1.29 bits per heavy atom. The van der Waals surface area contributed by atoms with E-state index in [1.54, 1.807) is 0 Å². The lowest BCUT2D eigenvalue weighted by molar-refractivity contribution is -0.143. The summed E-state index contributed by atoms with van der Waals surface area (Å²) in [6, 6.07) is 11.5. The predicted molar refractivity (Wildman–Crippen MR) is 106 cm³/mol. The maximum atomic E-state index is 11.7. The zero-order valence-corrected chi connectivity index (χ0v) is 16.3. The molecule has 0 unspecified atom stereocenters. The second-order valence-corrected chi connectivity index (χ2v) is 6.36. The van der Waals surface area contributed by atoms with E-state index < -0.39 is 11.9 Å². The van der Waals surface area contributed by atoms with Crippen LogP contribution in [-0.4, -0.2) is 39.4 Å². The Morgan fingerprint density at radius 3 is 1.86 bits per heavy atom. The molecule has 0 aliphatic carbocycles. The van der Waals surface area contributed by atoms with E-state index in [0.29, 0.717) is 11.5 Å². The Balaban J connectivity index is 2.29. The molecule has 3 aromatic carbocycles. The molecule has 0 aromatic heterocycles. The Bertz CT molecular complexity index is 1050. The molecular weight excluding hydrogens is 360 g/mol. The fourth-order valence-corrected chi connectivity index (χ4v) is 3.14. The predicted octanol–water partition coefficient (Wildman–Crippen LogP) is 3.71. The van der Waals surface area contributed by atoms with Crippen LogP contribution in [0.1, 0.15) is 11.1 Å². The summed E-state index contributed by atoms with van der Waals surface area (Å²) in [5.41, 5.74) is 2.08. The lowest BCUT2D eigenvalue weighted by atomic mass is 9.95. The lowest BCUT2D eigenvalue weighted by Crippen LogP contribution is -2.14. The molecule has 146 valence electrons. The number of fused-ring (bicyclic) bond motifs is 2. The molecule has 6 heteroatoms. The second kappa shape index (κ2) is 8.17. The molecule has 6 nitrogen and oxygen atoms in total. The highest BCUT2D eigenvalue weighted by Gasteiger charge is 2.20. The molecule has 3 aromatic rings. The van der Waals surface area contributed by atoms with Crippen LogP contribution in [0.4, 0.5) is 0 Å². The second-order valence-electron chi connectivity index (χ2n) is 6.36. The summed E-state index contributed by atoms with van der Waals surface area (Å²) in [5.74, 6) is 0.229. The molecule has 0 amide bonds. The molecule has 0 fully saturated rings. The van der Waals surface area contributed by atoms with Gasteiger partial charge in [-0.1, -0.05) is 36.4 Å². The average molecular weight is 382 g/mol. The minimum Gasteiger partial charge on any atom is -0.481 e. The molecule has 0 saturated heterocycles. The lowest BCUT2D eigenvalue weighted by Gasteiger charge is -2.19. The van der Waals surface area contributed by atoms with E-state index in [-0.39, 0.29) is 13.2 Å². The van der Waals surface area contributed by atoms with Gasteiger partial charge in [-0.15, -0.1) is 0 Å². The molecule has 0 radical (unpaired) electrons. The number of benzene rings is 3. The maximum absolute atomic E-state index is 11.7. The fraction of sp³-hybridized carbons (Fsp3) is 0.273. The Labute approximate surface area is 162 Å². The summed E-state index contributed by atoms with van der Waals surface area (Å²) < 4.78 is 21.2. The van der Waals surface area contributed by atoms with Crippen LogP contribution in [-0.2, 0) is 19.1 Å². The van der Waals surface area contributed by atoms with Gasteiger partial charge in [-0.2, -0.15) is 0 Å². The quantitative estimate of drug-likeness (QED) is 0.478. The summed E-state index contributed by atoms with van der Waals surface area (Å²) >= 11 is 0. The highest BCUT2D eigenvalue weighted by atomic mass is 16.6. The van der Waals surface area contributed by atoms with Crippen LogP contribution in [0.5, 0.6) is 11.5 Å². The van der Waals surface area contributed by atoms with Crippen LogP contribution >= 0.6 is 0 Å². The van der Waals surface area contributed by atoms with Gasteiger partial charge in [-0.05, 0) is 25.0 Å². The van der Waals surface area contributed by atoms with Crippen molar-refractivity contribution in [2.45, 2.75) is 13.8 Å². The molecule has 0 aliphatic heterocycles. The topological polar surface area (TPSA) is 71.1 Å². The van der Waals surface area contributed by atoms with Gasteiger partial charge >= 0.3 is 11.9 Å². The molecule has 0 aliphatic rings. The van der Waals surface area contributed by atoms with Crippen molar-refractivity contribution >= 4 is 33.5 Å². The van der Waals surface area contributed by atoms with Gasteiger partial charge < -0.3 is 18.9 Å². The Morgan fingerprint density at radius 1 is 0.750 bits per heavy atom. The van der Waals surface area contributed by atoms with E-state index in [0.717, 1.165) is 32.7 Å². The molecule has 28 heavy (non-hydrogen) atoms. The van der Waals surface area contributed by atoms with Crippen LogP contribution in [0, 0.1) is 13.8 Å². The largest absolute Gasteiger partial charge is 0.481 e. The number of methoxy groups -OCH3 is 2. The first-order chi connectivity index (χ1) is 13.5. The van der Waals surface area contributed by atoms with Crippen molar-refractivity contribution in [3.8, 4) is 11.5 Å². The molecule has 0 saturated carbocycles. The van der Waals surface area contributed by atoms with E-state index in [2.05, 4.69) is 0 Å². The number of carbonyl (C=O) groups excluding carboxylic acids is 2. The van der Waals surface area contributed by atoms with Gasteiger partial charge in [0.15, 0.2) is 13.2 Å². The number of carbonyl (C=O) groups is 2. The van der Waals surface area contributed by atoms with E-state index in [9.17, 15) is 9.59 Å². The molecule has 0 N–H and O–H groups in total. The van der Waals surface area contributed by atoms with Crippen LogP contribution in [0.2, 0.25) is 0 Å². The van der Waals surface area contributed by atoms with Crippen molar-refractivity contribution in [2.75, 3.05) is 27.4 Å². The van der Waals surface area contributed by atoms with Gasteiger partial charge in [-0.25, -0.2) is 9.59 Å². The number of aryl methyl sites for hydroxylation is 2. The number of esters is 2. The van der Waals surface area contributed by atoms with Gasteiger partial charge in [-0.3, -0.25) is 0 Å². The van der Waals surface area contributed by atoms with Gasteiger partial charge in [0.1, 0.15) is 11.5 Å². The van der Waals surface area contributed by atoms with Gasteiger partial charge in [0.05, 0.1) is 14.2 Å². The first-order valence-electron chi connectivity index (χ1n) is 8.81. The number of ether oxygens (including phenoxy) is 4. The Kier molecular flexibility index (Phi) is 5.68. The van der Waals surface area contributed by atoms with Crippen LogP contribution in [0.25, 0.3) is 21.5 Å². The third-order valence-electron chi connectivity index (χ3n) is 4.75. The number of rotatable bonds is 6. The van der Waals surface area contributed by atoms with Crippen LogP contribution < -0.4 is 9.47 Å². The third-order valence-corrected chi connectivity index (χ3v) is 4.75. The minimum atomic E-state index is -0.466. The molecule has 3 rings (SSSR count). The van der Waals surface area contributed by atoms with Crippen LogP contribution in [0.3, 0.4) is 0 Å². The maximum Gasteiger partial charge on any atom is 0.343 e. The first-order valence-corrected chi connectivity index (χ1v) is 8.81. The van der Waals surface area contributed by atoms with Crippen molar-refractivity contribution in [1.29, 1.82) is 0 Å². The van der Waals surface area contributed by atoms with Crippen LogP contribution in [0.15, 0.2) is 36.4 Å². The molecular formula is C22H22O6. The summed E-state index contributed by atoms with van der Waals surface area (Å²) in [5, 5.41) is 3.20. The summed E-state index contributed by atoms with van der Waals surface area (Å²) in [4.78, 5) is 23.3. The van der Waals surface area contributed by atoms with E-state index >= 15 is 0 Å². The third kappa shape index (κ3) is 3.58. The number of hydrogen-bond donors (Lipinski definition) is 0. The molecule has 0 heterocycles. The van der Waals surface area contributed by atoms with E-state index in [1.807, 2.05) is 50.2 Å². The minimum absolute atomic E-state index is 0.203. The Hall–Kier alpha value is -3.28. The van der Waals surface area contributed by atoms with E-state index in [1.165, 1.54) is 14.2 Å². The van der Waals surface area contributed by atoms with E-state index in [4.69, 9.17) is 18.9 Å². The van der Waals surface area contributed by atoms with Gasteiger partial charge in [0.25, 0.3) is 0 Å². The monoisotopic (exact) mass is 382 g/mol. The summed E-state index contributed by atoms with van der Waals surface area (Å²) in [6.07, 6.45) is 0. The van der Waals surface area contributed by atoms with Crippen molar-refractivity contribution in [3.05, 3.63) is 47.5 Å². The number of hydrogen-bond acceptors (Lipinski definition) is 6. The molecule has 0 spiro atoms. The van der Waals surface area contributed by atoms with Crippen molar-refractivity contribution in [1.82, 2.24) is 0 Å². The highest BCUT2D eigenvalue weighted by Crippen LogP contribution is 2.44. The normalized spacial score (nSPS) is 10.7. The summed E-state index contributed by atoms with van der Waals surface area (Å²) in [6.45, 7) is 3.58. The average Bonchev–Trinajstić information content (AvgIpc) is 2.72. The SMILES string of the molecule is COC(=O)COc1c2ccccc2c(OCC(=O)OC)c2c(C)c(C)ccc12. The van der Waals surface area contributed by atoms with Crippen molar-refractivity contribution in [2.24, 2.45) is 0 Å².